The largest absolute Gasteiger partial charge is 0.365 e. The van der Waals surface area contributed by atoms with Crippen LogP contribution in [0.5, 0.6) is 0 Å². The molecular formula is C23H42N10O8. The molecule has 1 fully saturated rings. The average molecular weight is 587 g/mol. The molecular weight excluding hydrogens is 544 g/mol. The van der Waals surface area contributed by atoms with E-state index in [0.717, 1.165) is 0 Å². The number of aliphatic hydroxyl groups excluding tert-OH is 1. The Kier molecular flexibility index (Phi) is 15.8. The van der Waals surface area contributed by atoms with E-state index in [1.54, 1.807) is 0 Å². The van der Waals surface area contributed by atoms with E-state index in [9.17, 15) is 38.7 Å². The summed E-state index contributed by atoms with van der Waals surface area (Å²) in [6.45, 7) is 0.799. The van der Waals surface area contributed by atoms with Gasteiger partial charge in [-0.25, -0.2) is 0 Å². The van der Waals surface area contributed by atoms with Gasteiger partial charge in [-0.3, -0.25) is 33.6 Å². The van der Waals surface area contributed by atoms with Crippen molar-refractivity contribution in [3.05, 3.63) is 0 Å². The van der Waals surface area contributed by atoms with Gasteiger partial charge >= 0.3 is 0 Å². The van der Waals surface area contributed by atoms with E-state index >= 15 is 0 Å². The first kappa shape index (κ1) is 35.2. The zero-order valence-electron chi connectivity index (χ0n) is 23.0. The summed E-state index contributed by atoms with van der Waals surface area (Å²) in [5, 5.41) is 26.7. The van der Waals surface area contributed by atoms with Gasteiger partial charge in [0.2, 0.25) is 41.7 Å². The third-order valence-corrected chi connectivity index (χ3v) is 5.88. The molecule has 1 heterocycles. The summed E-state index contributed by atoms with van der Waals surface area (Å²) in [6.07, 6.45) is -1.95. The third-order valence-electron chi connectivity index (χ3n) is 5.88. The Hall–Kier alpha value is -3.87. The molecule has 1 saturated heterocycles. The van der Waals surface area contributed by atoms with Crippen LogP contribution in [0.2, 0.25) is 0 Å². The minimum Gasteiger partial charge on any atom is -0.365 e. The normalized spacial score (nSPS) is 26.9. The first-order valence-electron chi connectivity index (χ1n) is 13.3. The summed E-state index contributed by atoms with van der Waals surface area (Å²) in [7, 11) is 0. The smallest absolute Gasteiger partial charge is 0.269 e. The van der Waals surface area contributed by atoms with Crippen LogP contribution >= 0.6 is 0 Å². The summed E-state index contributed by atoms with van der Waals surface area (Å²) in [5.74, 6) is -5.33. The van der Waals surface area contributed by atoms with Crippen molar-refractivity contribution in [2.45, 2.75) is 69.4 Å². The van der Waals surface area contributed by atoms with Gasteiger partial charge in [0.1, 0.15) is 24.2 Å². The van der Waals surface area contributed by atoms with Gasteiger partial charge in [0, 0.05) is 13.0 Å². The number of amides is 7. The van der Waals surface area contributed by atoms with Gasteiger partial charge in [-0.05, 0) is 52.2 Å². The Balaban J connectivity index is 3.13. The van der Waals surface area contributed by atoms with Gasteiger partial charge in [-0.15, -0.1) is 0 Å². The molecule has 0 saturated carbocycles. The highest BCUT2D eigenvalue weighted by molar-refractivity contribution is 5.96. The minimum absolute atomic E-state index is 0.0156. The molecule has 1 aliphatic rings. The fourth-order valence-corrected chi connectivity index (χ4v) is 3.65. The summed E-state index contributed by atoms with van der Waals surface area (Å²) in [5.41, 5.74) is 16.7. The number of carbonyl (C=O) groups is 7. The lowest BCUT2D eigenvalue weighted by molar-refractivity contribution is -0.139. The topological polar surface area (TPSA) is 302 Å². The van der Waals surface area contributed by atoms with E-state index in [-0.39, 0.29) is 58.3 Å². The predicted octanol–water partition coefficient (Wildman–Crippen LogP) is -6.55. The molecule has 0 spiro atoms. The highest BCUT2D eigenvalue weighted by Gasteiger charge is 2.30. The fraction of sp³-hybridized carbons (Fsp3) is 0.696. The van der Waals surface area contributed by atoms with Crippen molar-refractivity contribution in [3.63, 3.8) is 0 Å². The molecule has 5 atom stereocenters. The first-order chi connectivity index (χ1) is 19.4. The van der Waals surface area contributed by atoms with E-state index < -0.39 is 78.3 Å². The van der Waals surface area contributed by atoms with Crippen molar-refractivity contribution >= 4 is 41.4 Å². The van der Waals surface area contributed by atoms with Crippen LogP contribution < -0.4 is 54.4 Å². The Morgan fingerprint density at radius 2 is 1.15 bits per heavy atom. The van der Waals surface area contributed by atoms with Gasteiger partial charge in [-0.1, -0.05) is 0 Å². The maximum atomic E-state index is 12.9. The van der Waals surface area contributed by atoms with Crippen LogP contribution in [0.4, 0.5) is 0 Å². The van der Waals surface area contributed by atoms with E-state index in [2.05, 4.69) is 37.2 Å². The van der Waals surface area contributed by atoms with Crippen LogP contribution in [-0.4, -0.2) is 110 Å². The predicted molar refractivity (Wildman–Crippen MR) is 144 cm³/mol. The van der Waals surface area contributed by atoms with Crippen LogP contribution in [0.3, 0.4) is 0 Å². The molecule has 14 N–H and O–H groups in total. The summed E-state index contributed by atoms with van der Waals surface area (Å²) in [6, 6.07) is -4.63. The molecule has 0 aromatic heterocycles. The van der Waals surface area contributed by atoms with E-state index in [1.807, 2.05) is 0 Å². The maximum absolute atomic E-state index is 12.9. The molecule has 1 aliphatic heterocycles. The van der Waals surface area contributed by atoms with E-state index in [0.29, 0.717) is 0 Å². The molecule has 0 aromatic carbocycles. The zero-order valence-corrected chi connectivity index (χ0v) is 23.0. The standard InChI is InChI=1S/C23H42N10O8/c1-12-18(36)31-14(5-8-25)20(38)32-15(6-9-26)21(39)33-23(41)22(40)27-10-2-3-16(34)30-13(4-7-24)19(37)28-11-17(35)29-12/h12-15,23,41H,2-11,24-26H2,1H3,(H,27,40)(H,28,37)(H,29,35)(H,30,34)(H,31,36)(H,32,38)(H,33,39). The second-order valence-electron chi connectivity index (χ2n) is 9.29. The number of aliphatic hydroxyl groups is 1. The molecule has 0 aromatic rings. The second-order valence-corrected chi connectivity index (χ2v) is 9.29. The number of rotatable bonds is 6. The number of nitrogens with one attached hydrogen (secondary N) is 7. The summed E-state index contributed by atoms with van der Waals surface area (Å²) in [4.78, 5) is 87.6. The van der Waals surface area contributed by atoms with Gasteiger partial charge in [0.05, 0.1) is 6.54 Å². The highest BCUT2D eigenvalue weighted by atomic mass is 16.3. The molecule has 0 bridgehead atoms. The monoisotopic (exact) mass is 586 g/mol. The fourth-order valence-electron chi connectivity index (χ4n) is 3.65. The van der Waals surface area contributed by atoms with Crippen molar-refractivity contribution in [1.29, 1.82) is 0 Å². The Morgan fingerprint density at radius 1 is 0.634 bits per heavy atom. The third kappa shape index (κ3) is 12.9. The first-order valence-corrected chi connectivity index (χ1v) is 13.3. The van der Waals surface area contributed by atoms with Crippen molar-refractivity contribution in [3.8, 4) is 0 Å². The number of hydrogen-bond donors (Lipinski definition) is 11. The van der Waals surface area contributed by atoms with Crippen LogP contribution in [0, 0.1) is 0 Å². The van der Waals surface area contributed by atoms with Crippen molar-refractivity contribution in [2.24, 2.45) is 17.2 Å². The van der Waals surface area contributed by atoms with Crippen LogP contribution in [0.25, 0.3) is 0 Å². The Morgan fingerprint density at radius 3 is 1.71 bits per heavy atom. The van der Waals surface area contributed by atoms with Crippen molar-refractivity contribution in [1.82, 2.24) is 37.2 Å². The summed E-state index contributed by atoms with van der Waals surface area (Å²) >= 11 is 0. The zero-order chi connectivity index (χ0) is 30.9. The van der Waals surface area contributed by atoms with Gasteiger partial charge < -0.3 is 59.5 Å². The Labute approximate surface area is 237 Å². The van der Waals surface area contributed by atoms with Crippen LogP contribution in [0.1, 0.15) is 39.0 Å². The molecule has 0 aliphatic carbocycles. The quantitative estimate of drug-likeness (QED) is 0.139. The minimum atomic E-state index is -1.98. The van der Waals surface area contributed by atoms with Gasteiger partial charge in [-0.2, -0.15) is 0 Å². The lowest BCUT2D eigenvalue weighted by atomic mass is 10.1. The van der Waals surface area contributed by atoms with Gasteiger partial charge in [0.15, 0.2) is 0 Å². The molecule has 1 rings (SSSR count). The lowest BCUT2D eigenvalue weighted by Gasteiger charge is -2.24. The van der Waals surface area contributed by atoms with Crippen LogP contribution in [-0.2, 0) is 33.6 Å². The van der Waals surface area contributed by atoms with Crippen molar-refractivity contribution in [2.75, 3.05) is 32.7 Å². The number of carbonyl (C=O) groups excluding carboxylic acids is 7. The molecule has 18 nitrogen and oxygen atoms in total. The SMILES string of the molecule is CC1NC(=O)CNC(=O)C(CCN)NC(=O)CCCNC(=O)C(O)NC(=O)C(CCN)NC(=O)C(CCN)NC1=O. The van der Waals surface area contributed by atoms with E-state index in [1.165, 1.54) is 6.92 Å². The molecule has 41 heavy (non-hydrogen) atoms. The van der Waals surface area contributed by atoms with E-state index in [4.69, 9.17) is 17.2 Å². The van der Waals surface area contributed by atoms with Crippen LogP contribution in [0.15, 0.2) is 0 Å². The number of hydrogen-bond acceptors (Lipinski definition) is 11. The van der Waals surface area contributed by atoms with Gasteiger partial charge in [0.25, 0.3) is 5.91 Å². The highest BCUT2D eigenvalue weighted by Crippen LogP contribution is 2.00. The molecule has 232 valence electrons. The Bertz CT molecular complexity index is 949. The molecule has 18 heteroatoms. The second kappa shape index (κ2) is 18.5. The molecule has 5 unspecified atom stereocenters. The number of nitrogens with two attached hydrogens (primary N) is 3. The maximum Gasteiger partial charge on any atom is 0.269 e. The lowest BCUT2D eigenvalue weighted by Crippen LogP contribution is -2.58. The average Bonchev–Trinajstić information content (AvgIpc) is 2.92. The molecule has 0 radical (unpaired) electrons. The van der Waals surface area contributed by atoms with Crippen molar-refractivity contribution < 1.29 is 38.7 Å². The molecule has 7 amide bonds. The summed E-state index contributed by atoms with van der Waals surface area (Å²) < 4.78 is 0.